The predicted molar refractivity (Wildman–Crippen MR) is 135 cm³/mol. The first-order valence-corrected chi connectivity index (χ1v) is 11.6. The van der Waals surface area contributed by atoms with Crippen LogP contribution in [0.1, 0.15) is 29.7 Å². The zero-order valence-corrected chi connectivity index (χ0v) is 20.0. The van der Waals surface area contributed by atoms with E-state index in [-0.39, 0.29) is 17.6 Å². The normalized spacial score (nSPS) is 18.1. The molecule has 4 rings (SSSR count). The molecule has 1 aliphatic heterocycles. The number of carbonyl (C=O) groups excluding carboxylic acids is 1. The fourth-order valence-electron chi connectivity index (χ4n) is 3.78. The molecule has 0 radical (unpaired) electrons. The number of aliphatic imine (C=N–C) groups is 1. The van der Waals surface area contributed by atoms with E-state index in [4.69, 9.17) is 34.8 Å². The van der Waals surface area contributed by atoms with Gasteiger partial charge in [-0.15, -0.1) is 0 Å². The number of phenols is 1. The number of nitrogens with one attached hydrogen (secondary N) is 2. The van der Waals surface area contributed by atoms with E-state index in [9.17, 15) is 9.90 Å². The minimum atomic E-state index is -0.659. The van der Waals surface area contributed by atoms with Gasteiger partial charge in [0.15, 0.2) is 0 Å². The van der Waals surface area contributed by atoms with Gasteiger partial charge in [0.1, 0.15) is 11.9 Å². The molecular formula is C25H22Cl3N3O2. The molecule has 170 valence electrons. The number of halogens is 3. The summed E-state index contributed by atoms with van der Waals surface area (Å²) in [6, 6.07) is 17.3. The number of carbonyl (C=O) groups is 1. The third-order valence-corrected chi connectivity index (χ3v) is 6.52. The molecule has 0 aromatic heterocycles. The first-order valence-electron chi connectivity index (χ1n) is 10.4. The van der Waals surface area contributed by atoms with Gasteiger partial charge < -0.3 is 15.7 Å². The zero-order chi connectivity index (χ0) is 23.5. The first-order chi connectivity index (χ1) is 15.8. The fourth-order valence-corrected chi connectivity index (χ4v) is 4.29. The highest BCUT2D eigenvalue weighted by Gasteiger charge is 2.30. The van der Waals surface area contributed by atoms with Crippen LogP contribution < -0.4 is 10.6 Å². The van der Waals surface area contributed by atoms with Gasteiger partial charge in [-0.1, -0.05) is 66.0 Å². The lowest BCUT2D eigenvalue weighted by Gasteiger charge is -2.27. The summed E-state index contributed by atoms with van der Waals surface area (Å²) in [6.07, 6.45) is 1.51. The van der Waals surface area contributed by atoms with E-state index in [1.807, 2.05) is 31.2 Å². The topological polar surface area (TPSA) is 73.7 Å². The summed E-state index contributed by atoms with van der Waals surface area (Å²) < 4.78 is 0. The summed E-state index contributed by atoms with van der Waals surface area (Å²) in [7, 11) is 0. The zero-order valence-electron chi connectivity index (χ0n) is 17.7. The monoisotopic (exact) mass is 501 g/mol. The summed E-state index contributed by atoms with van der Waals surface area (Å²) >= 11 is 18.3. The van der Waals surface area contributed by atoms with E-state index < -0.39 is 12.2 Å². The number of fused-ring (bicyclic) bond motifs is 1. The highest BCUT2D eigenvalue weighted by Crippen LogP contribution is 2.34. The van der Waals surface area contributed by atoms with E-state index in [2.05, 4.69) is 15.6 Å². The van der Waals surface area contributed by atoms with Crippen molar-refractivity contribution >= 4 is 52.6 Å². The van der Waals surface area contributed by atoms with Crippen molar-refractivity contribution in [2.75, 3.05) is 5.32 Å². The van der Waals surface area contributed by atoms with Gasteiger partial charge in [-0.3, -0.25) is 9.79 Å². The maximum absolute atomic E-state index is 13.1. The smallest absolute Gasteiger partial charge is 0.224 e. The van der Waals surface area contributed by atoms with Crippen molar-refractivity contribution < 1.29 is 9.90 Å². The second-order valence-corrected chi connectivity index (χ2v) is 9.25. The molecule has 3 aromatic rings. The number of rotatable bonds is 5. The number of phenolic OH excluding ortho intramolecular Hbond substituents is 1. The summed E-state index contributed by atoms with van der Waals surface area (Å²) in [5, 5.41) is 18.5. The molecule has 33 heavy (non-hydrogen) atoms. The van der Waals surface area contributed by atoms with Crippen molar-refractivity contribution in [3.8, 4) is 5.75 Å². The Morgan fingerprint density at radius 2 is 1.88 bits per heavy atom. The Kier molecular flexibility index (Phi) is 7.13. The Balaban J connectivity index is 1.59. The van der Waals surface area contributed by atoms with Crippen LogP contribution in [0, 0.1) is 5.92 Å². The average Bonchev–Trinajstić information content (AvgIpc) is 2.96. The number of hydrogen-bond acceptors (Lipinski definition) is 4. The van der Waals surface area contributed by atoms with Crippen LogP contribution in [0.25, 0.3) is 0 Å². The SMILES string of the molecule is C[C@@H](Cc1ccc(Cl)c(Cl)c1)C(=O)NC1N=Cc2cc(Cl)ccc2NC1c1ccccc1O. The summed E-state index contributed by atoms with van der Waals surface area (Å²) in [5.74, 6) is -0.400. The van der Waals surface area contributed by atoms with Crippen LogP contribution >= 0.6 is 34.8 Å². The van der Waals surface area contributed by atoms with Gasteiger partial charge in [-0.05, 0) is 48.4 Å². The maximum atomic E-state index is 13.1. The summed E-state index contributed by atoms with van der Waals surface area (Å²) in [5.41, 5.74) is 3.13. The lowest BCUT2D eigenvalue weighted by Crippen LogP contribution is -2.43. The third-order valence-electron chi connectivity index (χ3n) is 5.55. The number of benzene rings is 3. The molecule has 5 nitrogen and oxygen atoms in total. The number of anilines is 1. The number of hydrogen-bond donors (Lipinski definition) is 3. The number of para-hydroxylation sites is 1. The standard InChI is InChI=1S/C25H22Cl3N3O2/c1-14(10-15-6-8-19(27)20(28)11-15)25(33)31-24-23(18-4-2-3-5-22(18)32)30-21-9-7-17(26)12-16(21)13-29-24/h2-9,11-14,23-24,30,32H,10H2,1H3,(H,31,33)/t14-,23?,24?/m0/s1. The molecule has 0 bridgehead atoms. The van der Waals surface area contributed by atoms with E-state index in [0.717, 1.165) is 16.8 Å². The Morgan fingerprint density at radius 1 is 1.09 bits per heavy atom. The van der Waals surface area contributed by atoms with Crippen LogP contribution in [-0.4, -0.2) is 23.4 Å². The summed E-state index contributed by atoms with van der Waals surface area (Å²) in [6.45, 7) is 1.84. The minimum Gasteiger partial charge on any atom is -0.508 e. The van der Waals surface area contributed by atoms with E-state index in [1.54, 1.807) is 42.6 Å². The van der Waals surface area contributed by atoms with Crippen molar-refractivity contribution in [2.45, 2.75) is 25.6 Å². The molecule has 0 saturated heterocycles. The fraction of sp³-hybridized carbons (Fsp3) is 0.200. The van der Waals surface area contributed by atoms with Crippen LogP contribution in [0.15, 0.2) is 65.7 Å². The number of nitrogens with zero attached hydrogens (tertiary/aromatic N) is 1. The predicted octanol–water partition coefficient (Wildman–Crippen LogP) is 6.26. The van der Waals surface area contributed by atoms with Gasteiger partial charge in [0.05, 0.1) is 16.1 Å². The van der Waals surface area contributed by atoms with Crippen molar-refractivity contribution in [3.63, 3.8) is 0 Å². The minimum absolute atomic E-state index is 0.116. The molecule has 0 aliphatic carbocycles. The third kappa shape index (κ3) is 5.44. The van der Waals surface area contributed by atoms with E-state index >= 15 is 0 Å². The largest absolute Gasteiger partial charge is 0.508 e. The lowest BCUT2D eigenvalue weighted by atomic mass is 9.99. The van der Waals surface area contributed by atoms with Crippen molar-refractivity contribution in [1.29, 1.82) is 0 Å². The van der Waals surface area contributed by atoms with Crippen LogP contribution in [0.3, 0.4) is 0 Å². The second-order valence-electron chi connectivity index (χ2n) is 8.00. The first kappa shape index (κ1) is 23.4. The van der Waals surface area contributed by atoms with Gasteiger partial charge >= 0.3 is 0 Å². The molecule has 2 unspecified atom stereocenters. The molecule has 3 N–H and O–H groups in total. The highest BCUT2D eigenvalue weighted by atomic mass is 35.5. The van der Waals surface area contributed by atoms with E-state index in [1.165, 1.54) is 0 Å². The van der Waals surface area contributed by atoms with Gasteiger partial charge in [-0.2, -0.15) is 0 Å². The van der Waals surface area contributed by atoms with Crippen LogP contribution in [0.4, 0.5) is 5.69 Å². The van der Waals surface area contributed by atoms with Crippen molar-refractivity contribution in [2.24, 2.45) is 10.9 Å². The van der Waals surface area contributed by atoms with Crippen molar-refractivity contribution in [3.05, 3.63) is 92.4 Å². The van der Waals surface area contributed by atoms with Crippen LogP contribution in [-0.2, 0) is 11.2 Å². The molecule has 1 aliphatic rings. The molecular weight excluding hydrogens is 481 g/mol. The molecule has 1 heterocycles. The van der Waals surface area contributed by atoms with Gasteiger partial charge in [-0.25, -0.2) is 0 Å². The second kappa shape index (κ2) is 10.0. The Hall–Kier alpha value is -2.73. The summed E-state index contributed by atoms with van der Waals surface area (Å²) in [4.78, 5) is 17.7. The number of amides is 1. The average molecular weight is 503 g/mol. The van der Waals surface area contributed by atoms with Crippen LogP contribution in [0.5, 0.6) is 5.75 Å². The van der Waals surface area contributed by atoms with Crippen molar-refractivity contribution in [1.82, 2.24) is 5.32 Å². The molecule has 0 saturated carbocycles. The van der Waals surface area contributed by atoms with Gasteiger partial charge in [0.25, 0.3) is 0 Å². The Morgan fingerprint density at radius 3 is 2.64 bits per heavy atom. The molecule has 8 heteroatoms. The molecule has 3 aromatic carbocycles. The number of benzodiazepines with no additional fused rings is 1. The Labute approximate surface area is 207 Å². The quantitative estimate of drug-likeness (QED) is 0.385. The van der Waals surface area contributed by atoms with E-state index in [0.29, 0.717) is 27.1 Å². The Bertz CT molecular complexity index is 1220. The lowest BCUT2D eigenvalue weighted by molar-refractivity contribution is -0.125. The molecule has 3 atom stereocenters. The molecule has 0 fully saturated rings. The molecule has 1 amide bonds. The van der Waals surface area contributed by atoms with Gasteiger partial charge in [0.2, 0.25) is 5.91 Å². The van der Waals surface area contributed by atoms with Crippen LogP contribution in [0.2, 0.25) is 15.1 Å². The highest BCUT2D eigenvalue weighted by molar-refractivity contribution is 6.42. The van der Waals surface area contributed by atoms with Gasteiger partial charge in [0, 0.05) is 34.0 Å². The number of aromatic hydroxyl groups is 1. The molecule has 0 spiro atoms. The maximum Gasteiger partial charge on any atom is 0.224 e.